The van der Waals surface area contributed by atoms with Crippen molar-refractivity contribution in [2.75, 3.05) is 11.9 Å². The number of rotatable bonds is 7. The SMILES string of the molecule is CCNCc1ccccc1NC(=O)CCc1c(C)noc1C. The molecule has 2 aromatic rings. The maximum Gasteiger partial charge on any atom is 0.224 e. The van der Waals surface area contributed by atoms with Crippen LogP contribution in [-0.2, 0) is 17.8 Å². The Labute approximate surface area is 131 Å². The molecule has 0 aliphatic heterocycles. The van der Waals surface area contributed by atoms with Gasteiger partial charge in [0.15, 0.2) is 0 Å². The van der Waals surface area contributed by atoms with Crippen molar-refractivity contribution in [2.24, 2.45) is 0 Å². The zero-order valence-corrected chi connectivity index (χ0v) is 13.4. The Morgan fingerprint density at radius 2 is 2.05 bits per heavy atom. The van der Waals surface area contributed by atoms with Crippen LogP contribution in [0.2, 0.25) is 0 Å². The Bertz CT molecular complexity index is 615. The molecule has 22 heavy (non-hydrogen) atoms. The number of nitrogens with zero attached hydrogens (tertiary/aromatic N) is 1. The molecule has 0 saturated heterocycles. The molecule has 0 radical (unpaired) electrons. The van der Waals surface area contributed by atoms with E-state index in [-0.39, 0.29) is 5.91 Å². The predicted molar refractivity (Wildman–Crippen MR) is 86.8 cm³/mol. The third kappa shape index (κ3) is 4.18. The molecular formula is C17H23N3O2. The molecular weight excluding hydrogens is 278 g/mol. The van der Waals surface area contributed by atoms with Crippen molar-refractivity contribution in [1.29, 1.82) is 0 Å². The number of para-hydroxylation sites is 1. The van der Waals surface area contributed by atoms with Gasteiger partial charge in [-0.2, -0.15) is 0 Å². The van der Waals surface area contributed by atoms with Crippen LogP contribution in [-0.4, -0.2) is 17.6 Å². The summed E-state index contributed by atoms with van der Waals surface area (Å²) in [4.78, 5) is 12.2. The van der Waals surface area contributed by atoms with Gasteiger partial charge in [-0.25, -0.2) is 0 Å². The normalized spacial score (nSPS) is 10.7. The molecule has 2 rings (SSSR count). The molecule has 0 atom stereocenters. The molecule has 1 aromatic heterocycles. The van der Waals surface area contributed by atoms with Gasteiger partial charge in [0.05, 0.1) is 5.69 Å². The van der Waals surface area contributed by atoms with Crippen LogP contribution in [0.25, 0.3) is 0 Å². The lowest BCUT2D eigenvalue weighted by Crippen LogP contribution is -2.17. The topological polar surface area (TPSA) is 67.2 Å². The molecule has 1 heterocycles. The molecule has 1 aromatic carbocycles. The highest BCUT2D eigenvalue weighted by atomic mass is 16.5. The van der Waals surface area contributed by atoms with Gasteiger partial charge in [0, 0.05) is 24.2 Å². The van der Waals surface area contributed by atoms with Crippen LogP contribution in [0, 0.1) is 13.8 Å². The number of aryl methyl sites for hydroxylation is 2. The Balaban J connectivity index is 1.95. The smallest absolute Gasteiger partial charge is 0.224 e. The van der Waals surface area contributed by atoms with E-state index in [2.05, 4.69) is 22.7 Å². The van der Waals surface area contributed by atoms with Crippen molar-refractivity contribution in [3.8, 4) is 0 Å². The summed E-state index contributed by atoms with van der Waals surface area (Å²) >= 11 is 0. The summed E-state index contributed by atoms with van der Waals surface area (Å²) in [5.74, 6) is 0.793. The van der Waals surface area contributed by atoms with Crippen molar-refractivity contribution in [3.63, 3.8) is 0 Å². The van der Waals surface area contributed by atoms with E-state index in [1.807, 2.05) is 38.1 Å². The Morgan fingerprint density at radius 3 is 2.73 bits per heavy atom. The number of nitrogens with one attached hydrogen (secondary N) is 2. The number of benzene rings is 1. The first-order valence-electron chi connectivity index (χ1n) is 7.62. The summed E-state index contributed by atoms with van der Waals surface area (Å²) in [6.07, 6.45) is 1.06. The van der Waals surface area contributed by atoms with E-state index in [1.54, 1.807) is 0 Å². The summed E-state index contributed by atoms with van der Waals surface area (Å²) in [6.45, 7) is 7.48. The molecule has 5 nitrogen and oxygen atoms in total. The fraction of sp³-hybridized carbons (Fsp3) is 0.412. The average molecular weight is 301 g/mol. The zero-order chi connectivity index (χ0) is 15.9. The zero-order valence-electron chi connectivity index (χ0n) is 13.4. The highest BCUT2D eigenvalue weighted by Crippen LogP contribution is 2.17. The van der Waals surface area contributed by atoms with E-state index in [0.29, 0.717) is 12.8 Å². The van der Waals surface area contributed by atoms with Gasteiger partial charge in [-0.1, -0.05) is 30.3 Å². The lowest BCUT2D eigenvalue weighted by atomic mass is 10.1. The Hall–Kier alpha value is -2.14. The number of hydrogen-bond acceptors (Lipinski definition) is 4. The average Bonchev–Trinajstić information content (AvgIpc) is 2.83. The van der Waals surface area contributed by atoms with Gasteiger partial charge in [0.2, 0.25) is 5.91 Å². The second-order valence-corrected chi connectivity index (χ2v) is 5.29. The molecule has 0 fully saturated rings. The van der Waals surface area contributed by atoms with Crippen LogP contribution < -0.4 is 10.6 Å². The van der Waals surface area contributed by atoms with Crippen molar-refractivity contribution < 1.29 is 9.32 Å². The molecule has 0 unspecified atom stereocenters. The number of hydrogen-bond donors (Lipinski definition) is 2. The lowest BCUT2D eigenvalue weighted by Gasteiger charge is -2.11. The van der Waals surface area contributed by atoms with E-state index in [1.165, 1.54) is 0 Å². The van der Waals surface area contributed by atoms with Crippen LogP contribution >= 0.6 is 0 Å². The van der Waals surface area contributed by atoms with Gasteiger partial charge in [-0.3, -0.25) is 4.79 Å². The largest absolute Gasteiger partial charge is 0.361 e. The molecule has 0 saturated carbocycles. The van der Waals surface area contributed by atoms with Crippen molar-refractivity contribution >= 4 is 11.6 Å². The maximum absolute atomic E-state index is 12.2. The first kappa shape index (κ1) is 16.2. The molecule has 118 valence electrons. The van der Waals surface area contributed by atoms with Crippen LogP contribution in [0.4, 0.5) is 5.69 Å². The second-order valence-electron chi connectivity index (χ2n) is 5.29. The van der Waals surface area contributed by atoms with Gasteiger partial charge in [0.25, 0.3) is 0 Å². The van der Waals surface area contributed by atoms with E-state index in [9.17, 15) is 4.79 Å². The van der Waals surface area contributed by atoms with Crippen molar-refractivity contribution in [1.82, 2.24) is 10.5 Å². The van der Waals surface area contributed by atoms with E-state index in [4.69, 9.17) is 4.52 Å². The van der Waals surface area contributed by atoms with Crippen LogP contribution in [0.15, 0.2) is 28.8 Å². The predicted octanol–water partition coefficient (Wildman–Crippen LogP) is 2.97. The lowest BCUT2D eigenvalue weighted by molar-refractivity contribution is -0.116. The van der Waals surface area contributed by atoms with E-state index in [0.717, 1.165) is 41.4 Å². The summed E-state index contributed by atoms with van der Waals surface area (Å²) < 4.78 is 5.12. The summed E-state index contributed by atoms with van der Waals surface area (Å²) in [7, 11) is 0. The highest BCUT2D eigenvalue weighted by Gasteiger charge is 2.12. The van der Waals surface area contributed by atoms with Gasteiger partial charge in [-0.15, -0.1) is 0 Å². The molecule has 0 spiro atoms. The number of anilines is 1. The molecule has 2 N–H and O–H groups in total. The molecule has 0 bridgehead atoms. The quantitative estimate of drug-likeness (QED) is 0.825. The first-order chi connectivity index (χ1) is 10.6. The highest BCUT2D eigenvalue weighted by molar-refractivity contribution is 5.91. The minimum absolute atomic E-state index is 0.00366. The number of amides is 1. The summed E-state index contributed by atoms with van der Waals surface area (Å²) in [5, 5.41) is 10.2. The molecule has 0 aliphatic rings. The van der Waals surface area contributed by atoms with Gasteiger partial charge >= 0.3 is 0 Å². The van der Waals surface area contributed by atoms with E-state index >= 15 is 0 Å². The summed E-state index contributed by atoms with van der Waals surface area (Å²) in [5.41, 5.74) is 3.84. The minimum atomic E-state index is 0.00366. The third-order valence-electron chi connectivity index (χ3n) is 3.64. The van der Waals surface area contributed by atoms with Gasteiger partial charge < -0.3 is 15.2 Å². The number of aromatic nitrogens is 1. The van der Waals surface area contributed by atoms with Crippen molar-refractivity contribution in [2.45, 2.75) is 40.2 Å². The molecule has 1 amide bonds. The summed E-state index contributed by atoms with van der Waals surface area (Å²) in [6, 6.07) is 7.86. The number of carbonyl (C=O) groups excluding carboxylic acids is 1. The van der Waals surface area contributed by atoms with E-state index < -0.39 is 0 Å². The third-order valence-corrected chi connectivity index (χ3v) is 3.64. The molecule has 5 heteroatoms. The Morgan fingerprint density at radius 1 is 1.27 bits per heavy atom. The minimum Gasteiger partial charge on any atom is -0.361 e. The number of carbonyl (C=O) groups is 1. The maximum atomic E-state index is 12.2. The first-order valence-corrected chi connectivity index (χ1v) is 7.62. The fourth-order valence-electron chi connectivity index (χ4n) is 2.37. The van der Waals surface area contributed by atoms with Crippen molar-refractivity contribution in [3.05, 3.63) is 46.8 Å². The Kier molecular flexibility index (Phi) is 5.72. The van der Waals surface area contributed by atoms with Gasteiger partial charge in [-0.05, 0) is 38.4 Å². The van der Waals surface area contributed by atoms with Gasteiger partial charge in [0.1, 0.15) is 5.76 Å². The second kappa shape index (κ2) is 7.75. The monoisotopic (exact) mass is 301 g/mol. The van der Waals surface area contributed by atoms with Crippen LogP contribution in [0.3, 0.4) is 0 Å². The van der Waals surface area contributed by atoms with Crippen LogP contribution in [0.5, 0.6) is 0 Å². The standard InChI is InChI=1S/C17H23N3O2/c1-4-18-11-14-7-5-6-8-16(14)19-17(21)10-9-15-12(2)20-22-13(15)3/h5-8,18H,4,9-11H2,1-3H3,(H,19,21). The molecule has 0 aliphatic carbocycles. The fourth-order valence-corrected chi connectivity index (χ4v) is 2.37. The van der Waals surface area contributed by atoms with Crippen LogP contribution in [0.1, 0.15) is 35.9 Å².